The van der Waals surface area contributed by atoms with Crippen molar-refractivity contribution in [3.8, 4) is 0 Å². The van der Waals surface area contributed by atoms with Crippen LogP contribution in [-0.2, 0) is 9.59 Å². The first-order chi connectivity index (χ1) is 15.9. The number of rotatable bonds is 24. The minimum absolute atomic E-state index is 0.207. The van der Waals surface area contributed by atoms with Crippen molar-refractivity contribution in [2.45, 2.75) is 142 Å². The Morgan fingerprint density at radius 2 is 1.15 bits per heavy atom. The maximum Gasteiger partial charge on any atom is 0.326 e. The fourth-order valence-electron chi connectivity index (χ4n) is 4.15. The van der Waals surface area contributed by atoms with Gasteiger partial charge in [0.05, 0.1) is 6.04 Å². The Bertz CT molecular complexity index is 474. The molecule has 33 heavy (non-hydrogen) atoms. The molecule has 0 radical (unpaired) electrons. The number of amides is 1. The smallest absolute Gasteiger partial charge is 0.326 e. The molecule has 0 saturated heterocycles. The molecule has 0 aliphatic heterocycles. The van der Waals surface area contributed by atoms with Gasteiger partial charge in [-0.3, -0.25) is 4.79 Å². The van der Waals surface area contributed by atoms with Crippen molar-refractivity contribution in [1.82, 2.24) is 10.6 Å². The van der Waals surface area contributed by atoms with Gasteiger partial charge in [0.25, 0.3) is 0 Å². The third kappa shape index (κ3) is 20.3. The van der Waals surface area contributed by atoms with Crippen LogP contribution in [0.15, 0.2) is 0 Å². The van der Waals surface area contributed by atoms with E-state index in [2.05, 4.69) is 30.2 Å². The molecule has 1 amide bonds. The van der Waals surface area contributed by atoms with Gasteiger partial charge in [0, 0.05) is 5.75 Å². The number of carboxylic acid groups (broad SMARTS) is 1. The van der Waals surface area contributed by atoms with Gasteiger partial charge in [-0.05, 0) is 25.3 Å². The summed E-state index contributed by atoms with van der Waals surface area (Å²) in [6.07, 6.45) is 21.9. The van der Waals surface area contributed by atoms with Crippen LogP contribution < -0.4 is 10.6 Å². The van der Waals surface area contributed by atoms with Gasteiger partial charge in [-0.1, -0.05) is 117 Å². The highest BCUT2D eigenvalue weighted by Crippen LogP contribution is 2.13. The van der Waals surface area contributed by atoms with E-state index in [-0.39, 0.29) is 11.8 Å². The van der Waals surface area contributed by atoms with Crippen molar-refractivity contribution < 1.29 is 14.7 Å². The molecule has 0 bridgehead atoms. The summed E-state index contributed by atoms with van der Waals surface area (Å²) in [6.45, 7) is 6.94. The molecule has 0 spiro atoms. The maximum atomic E-state index is 12.4. The lowest BCUT2D eigenvalue weighted by Crippen LogP contribution is -2.51. The summed E-state index contributed by atoms with van der Waals surface area (Å²) < 4.78 is 0. The van der Waals surface area contributed by atoms with E-state index in [9.17, 15) is 14.7 Å². The Labute approximate surface area is 210 Å². The third-order valence-corrected chi connectivity index (χ3v) is 6.61. The van der Waals surface area contributed by atoms with Gasteiger partial charge >= 0.3 is 5.97 Å². The molecule has 2 atom stereocenters. The predicted octanol–water partition coefficient (Wildman–Crippen LogP) is 6.75. The van der Waals surface area contributed by atoms with E-state index in [4.69, 9.17) is 0 Å². The Balaban J connectivity index is 3.61. The van der Waals surface area contributed by atoms with E-state index in [1.54, 1.807) is 0 Å². The van der Waals surface area contributed by atoms with Gasteiger partial charge in [0.15, 0.2) is 0 Å². The van der Waals surface area contributed by atoms with Crippen molar-refractivity contribution in [1.29, 1.82) is 0 Å². The first-order valence-corrected chi connectivity index (χ1v) is 14.4. The third-order valence-electron chi connectivity index (χ3n) is 6.24. The quantitative estimate of drug-likeness (QED) is 0.0898. The van der Waals surface area contributed by atoms with E-state index in [1.807, 2.05) is 13.8 Å². The number of thiol groups is 1. The molecule has 0 saturated carbocycles. The number of aliphatic carboxylic acids is 1. The molecule has 6 heteroatoms. The molecule has 0 rings (SSSR count). The van der Waals surface area contributed by atoms with E-state index >= 15 is 0 Å². The lowest BCUT2D eigenvalue weighted by Gasteiger charge is -2.21. The van der Waals surface area contributed by atoms with Crippen LogP contribution in [0, 0.1) is 5.92 Å². The SMILES string of the molecule is CCCCCCCCCCCCCCCCCCN[C@@H](CS)C(=O)N[C@H](CC(C)C)C(=O)O. The standard InChI is InChI=1S/C27H54N2O3S/c1-4-5-6-7-8-9-10-11-12-13-14-15-16-17-18-19-20-28-25(22-33)26(30)29-24(27(31)32)21-23(2)3/h23-25,28,33H,4-22H2,1-3H3,(H,29,30)(H,31,32)/t24-,25+/m1/s1. The van der Waals surface area contributed by atoms with Gasteiger partial charge in [0.2, 0.25) is 5.91 Å². The molecule has 0 fully saturated rings. The number of carbonyl (C=O) groups excluding carboxylic acids is 1. The Morgan fingerprint density at radius 3 is 1.52 bits per heavy atom. The Kier molecular flexibility index (Phi) is 22.5. The van der Waals surface area contributed by atoms with Crippen LogP contribution in [0.3, 0.4) is 0 Å². The van der Waals surface area contributed by atoms with Crippen molar-refractivity contribution in [2.24, 2.45) is 5.92 Å². The molecule has 0 aliphatic carbocycles. The van der Waals surface area contributed by atoms with E-state index in [1.165, 1.54) is 89.9 Å². The summed E-state index contributed by atoms with van der Waals surface area (Å²) in [4.78, 5) is 23.7. The fourth-order valence-corrected chi connectivity index (χ4v) is 4.45. The van der Waals surface area contributed by atoms with Crippen LogP contribution >= 0.6 is 12.6 Å². The molecule has 3 N–H and O–H groups in total. The number of hydrogen-bond donors (Lipinski definition) is 4. The average molecular weight is 487 g/mol. The molecule has 0 aromatic heterocycles. The van der Waals surface area contributed by atoms with Crippen molar-refractivity contribution in [2.75, 3.05) is 12.3 Å². The Morgan fingerprint density at radius 1 is 0.727 bits per heavy atom. The second kappa shape index (κ2) is 23.0. The molecule has 0 aliphatic rings. The minimum atomic E-state index is -0.979. The summed E-state index contributed by atoms with van der Waals surface area (Å²) >= 11 is 4.26. The lowest BCUT2D eigenvalue weighted by atomic mass is 10.0. The maximum absolute atomic E-state index is 12.4. The highest BCUT2D eigenvalue weighted by atomic mass is 32.1. The van der Waals surface area contributed by atoms with Gasteiger partial charge in [-0.25, -0.2) is 4.79 Å². The normalized spacial score (nSPS) is 13.2. The molecule has 0 aromatic carbocycles. The van der Waals surface area contributed by atoms with Gasteiger partial charge < -0.3 is 15.7 Å². The highest BCUT2D eigenvalue weighted by molar-refractivity contribution is 7.80. The fraction of sp³-hybridized carbons (Fsp3) is 0.926. The summed E-state index contributed by atoms with van der Waals surface area (Å²) in [7, 11) is 0. The molecular weight excluding hydrogens is 432 g/mol. The number of hydrogen-bond acceptors (Lipinski definition) is 4. The van der Waals surface area contributed by atoms with Crippen LogP contribution in [0.5, 0.6) is 0 Å². The average Bonchev–Trinajstić information content (AvgIpc) is 2.77. The van der Waals surface area contributed by atoms with Crippen LogP contribution in [0.25, 0.3) is 0 Å². The van der Waals surface area contributed by atoms with E-state index in [0.29, 0.717) is 12.2 Å². The largest absolute Gasteiger partial charge is 0.480 e. The van der Waals surface area contributed by atoms with E-state index in [0.717, 1.165) is 19.4 Å². The van der Waals surface area contributed by atoms with Crippen LogP contribution in [0.1, 0.15) is 130 Å². The van der Waals surface area contributed by atoms with Crippen molar-refractivity contribution >= 4 is 24.5 Å². The molecule has 0 unspecified atom stereocenters. The van der Waals surface area contributed by atoms with Gasteiger partial charge in [-0.2, -0.15) is 12.6 Å². The summed E-state index contributed by atoms with van der Waals surface area (Å²) in [5.41, 5.74) is 0. The van der Waals surface area contributed by atoms with Crippen molar-refractivity contribution in [3.63, 3.8) is 0 Å². The zero-order chi connectivity index (χ0) is 24.7. The molecule has 5 nitrogen and oxygen atoms in total. The van der Waals surface area contributed by atoms with Gasteiger partial charge in [-0.15, -0.1) is 0 Å². The number of carboxylic acids is 1. The predicted molar refractivity (Wildman–Crippen MR) is 144 cm³/mol. The zero-order valence-electron chi connectivity index (χ0n) is 21.9. The lowest BCUT2D eigenvalue weighted by molar-refractivity contribution is -0.142. The first-order valence-electron chi connectivity index (χ1n) is 13.8. The highest BCUT2D eigenvalue weighted by Gasteiger charge is 2.24. The second-order valence-corrected chi connectivity index (χ2v) is 10.4. The Hall–Kier alpha value is -0.750. The van der Waals surface area contributed by atoms with Crippen molar-refractivity contribution in [3.05, 3.63) is 0 Å². The van der Waals surface area contributed by atoms with E-state index < -0.39 is 18.1 Å². The second-order valence-electron chi connectivity index (χ2n) is 10.0. The monoisotopic (exact) mass is 486 g/mol. The minimum Gasteiger partial charge on any atom is -0.480 e. The first kappa shape index (κ1) is 32.2. The van der Waals surface area contributed by atoms with Crippen LogP contribution in [0.2, 0.25) is 0 Å². The molecular formula is C27H54N2O3S. The molecule has 0 heterocycles. The zero-order valence-corrected chi connectivity index (χ0v) is 22.8. The molecule has 0 aromatic rings. The van der Waals surface area contributed by atoms with Crippen LogP contribution in [0.4, 0.5) is 0 Å². The van der Waals surface area contributed by atoms with Gasteiger partial charge in [0.1, 0.15) is 6.04 Å². The molecule has 196 valence electrons. The summed E-state index contributed by atoms with van der Waals surface area (Å²) in [6, 6.07) is -1.28. The number of nitrogens with one attached hydrogen (secondary N) is 2. The number of carbonyl (C=O) groups is 2. The summed E-state index contributed by atoms with van der Waals surface area (Å²) in [5, 5.41) is 15.2. The van der Waals surface area contributed by atoms with Crippen LogP contribution in [-0.4, -0.2) is 41.4 Å². The topological polar surface area (TPSA) is 78.4 Å². The number of unbranched alkanes of at least 4 members (excludes halogenated alkanes) is 15. The summed E-state index contributed by atoms with van der Waals surface area (Å²) in [5.74, 6) is -0.681.